The molecule has 2 aromatic carbocycles. The van der Waals surface area contributed by atoms with E-state index in [9.17, 15) is 13.2 Å². The molecule has 164 valence electrons. The highest BCUT2D eigenvalue weighted by molar-refractivity contribution is 6.42. The summed E-state index contributed by atoms with van der Waals surface area (Å²) < 4.78 is 38.2. The molecular formula is C22H21Cl2F3N4. The Hall–Kier alpha value is -2.09. The summed E-state index contributed by atoms with van der Waals surface area (Å²) in [6.45, 7) is 2.53. The van der Waals surface area contributed by atoms with Crippen LogP contribution >= 0.6 is 23.2 Å². The Kier molecular flexibility index (Phi) is 6.55. The Balaban J connectivity index is 1.30. The molecule has 31 heavy (non-hydrogen) atoms. The number of aromatic amines is 1. The van der Waals surface area contributed by atoms with Crippen LogP contribution in [0, 0.1) is 5.92 Å². The minimum absolute atomic E-state index is 0.471. The quantitative estimate of drug-likeness (QED) is 0.481. The van der Waals surface area contributed by atoms with E-state index in [1.54, 1.807) is 0 Å². The van der Waals surface area contributed by atoms with E-state index in [1.165, 1.54) is 17.7 Å². The second-order valence-corrected chi connectivity index (χ2v) is 8.68. The maximum atomic E-state index is 12.7. The molecule has 0 saturated carbocycles. The zero-order chi connectivity index (χ0) is 22.0. The zero-order valence-electron chi connectivity index (χ0n) is 16.6. The molecule has 1 saturated heterocycles. The molecule has 2 heterocycles. The Labute approximate surface area is 188 Å². The summed E-state index contributed by atoms with van der Waals surface area (Å²) in [5.74, 6) is 1.77. The summed E-state index contributed by atoms with van der Waals surface area (Å²) in [6.07, 6.45) is -1.23. The molecule has 0 atom stereocenters. The fourth-order valence-electron chi connectivity index (χ4n) is 3.88. The first-order valence-corrected chi connectivity index (χ1v) is 10.8. The fraction of sp³-hybridized carbons (Fsp3) is 0.364. The molecule has 1 aromatic heterocycles. The minimum atomic E-state index is -4.35. The lowest BCUT2D eigenvalue weighted by Crippen LogP contribution is -2.34. The van der Waals surface area contributed by atoms with Gasteiger partial charge in [-0.05, 0) is 68.1 Å². The van der Waals surface area contributed by atoms with Gasteiger partial charge in [0.15, 0.2) is 5.82 Å². The van der Waals surface area contributed by atoms with Crippen molar-refractivity contribution in [1.82, 2.24) is 20.1 Å². The summed E-state index contributed by atoms with van der Waals surface area (Å²) in [5.41, 5.74) is 1.09. The maximum Gasteiger partial charge on any atom is 0.416 e. The van der Waals surface area contributed by atoms with Gasteiger partial charge in [-0.2, -0.15) is 13.2 Å². The molecule has 0 radical (unpaired) electrons. The third kappa shape index (κ3) is 5.59. The number of benzene rings is 2. The number of rotatable bonds is 5. The van der Waals surface area contributed by atoms with Crippen LogP contribution < -0.4 is 0 Å². The summed E-state index contributed by atoms with van der Waals surface area (Å²) >= 11 is 12.1. The normalized spacial score (nSPS) is 16.0. The highest BCUT2D eigenvalue weighted by Gasteiger charge is 2.30. The minimum Gasteiger partial charge on any atom is -0.324 e. The number of alkyl halides is 3. The first kappa shape index (κ1) is 22.1. The Morgan fingerprint density at radius 1 is 0.968 bits per heavy atom. The van der Waals surface area contributed by atoms with Crippen LogP contribution in [-0.2, 0) is 19.1 Å². The highest BCUT2D eigenvalue weighted by Crippen LogP contribution is 2.30. The second-order valence-electron chi connectivity index (χ2n) is 7.87. The molecule has 0 aliphatic carbocycles. The highest BCUT2D eigenvalue weighted by atomic mass is 35.5. The Morgan fingerprint density at radius 3 is 2.32 bits per heavy atom. The van der Waals surface area contributed by atoms with Gasteiger partial charge in [-0.3, -0.25) is 4.90 Å². The van der Waals surface area contributed by atoms with Crippen LogP contribution in [0.3, 0.4) is 0 Å². The van der Waals surface area contributed by atoms with Crippen molar-refractivity contribution < 1.29 is 13.2 Å². The van der Waals surface area contributed by atoms with Gasteiger partial charge in [0.2, 0.25) is 0 Å². The second kappa shape index (κ2) is 9.18. The van der Waals surface area contributed by atoms with E-state index >= 15 is 0 Å². The van der Waals surface area contributed by atoms with Gasteiger partial charge in [-0.1, -0.05) is 41.4 Å². The van der Waals surface area contributed by atoms with Crippen molar-refractivity contribution in [3.05, 3.63) is 69.5 Å². The van der Waals surface area contributed by atoms with Gasteiger partial charge in [0.05, 0.1) is 22.2 Å². The van der Waals surface area contributed by atoms with Crippen LogP contribution in [0.1, 0.15) is 29.8 Å². The van der Waals surface area contributed by atoms with E-state index in [0.717, 1.165) is 44.5 Å². The molecule has 4 nitrogen and oxygen atoms in total. The van der Waals surface area contributed by atoms with Gasteiger partial charge >= 0.3 is 6.18 Å². The van der Waals surface area contributed by atoms with Gasteiger partial charge in [0.1, 0.15) is 5.82 Å². The summed E-state index contributed by atoms with van der Waals surface area (Å²) in [4.78, 5) is 5.43. The predicted octanol–water partition coefficient (Wildman–Crippen LogP) is 6.25. The first-order valence-electron chi connectivity index (χ1n) is 10.0. The average molecular weight is 469 g/mol. The van der Waals surface area contributed by atoms with E-state index in [4.69, 9.17) is 23.2 Å². The monoisotopic (exact) mass is 468 g/mol. The summed E-state index contributed by atoms with van der Waals surface area (Å²) in [5, 5.41) is 9.42. The van der Waals surface area contributed by atoms with Crippen LogP contribution in [0.4, 0.5) is 13.2 Å². The third-order valence-corrected chi connectivity index (χ3v) is 6.35. The summed E-state index contributed by atoms with van der Waals surface area (Å²) in [6, 6.07) is 10.7. The molecule has 1 aliphatic heterocycles. The molecule has 4 rings (SSSR count). The number of halogens is 5. The van der Waals surface area contributed by atoms with Gasteiger partial charge in [-0.15, -0.1) is 10.2 Å². The van der Waals surface area contributed by atoms with E-state index in [2.05, 4.69) is 20.1 Å². The third-order valence-electron chi connectivity index (χ3n) is 5.61. The molecule has 0 spiro atoms. The predicted molar refractivity (Wildman–Crippen MR) is 115 cm³/mol. The van der Waals surface area contributed by atoms with Crippen molar-refractivity contribution in [2.75, 3.05) is 13.1 Å². The number of hydrogen-bond donors (Lipinski definition) is 1. The first-order chi connectivity index (χ1) is 14.8. The van der Waals surface area contributed by atoms with Crippen LogP contribution in [0.5, 0.6) is 0 Å². The molecule has 1 aliphatic rings. The topological polar surface area (TPSA) is 44.8 Å². The SMILES string of the molecule is FC(F)(F)c1ccc(-c2nnc(CN3CCC(Cc4ccc(Cl)c(Cl)c4)CC3)[nH]2)cc1. The number of H-pyrrole nitrogens is 1. The lowest BCUT2D eigenvalue weighted by Gasteiger charge is -2.31. The Bertz CT molecular complexity index is 1030. The van der Waals surface area contributed by atoms with Crippen molar-refractivity contribution in [3.63, 3.8) is 0 Å². The number of nitrogens with one attached hydrogen (secondary N) is 1. The lowest BCUT2D eigenvalue weighted by atomic mass is 9.90. The zero-order valence-corrected chi connectivity index (χ0v) is 18.1. The molecule has 1 N–H and O–H groups in total. The molecular weight excluding hydrogens is 448 g/mol. The van der Waals surface area contributed by atoms with Gasteiger partial charge < -0.3 is 4.98 Å². The van der Waals surface area contributed by atoms with Crippen LogP contribution in [0.2, 0.25) is 10.0 Å². The molecule has 0 amide bonds. The molecule has 3 aromatic rings. The van der Waals surface area contributed by atoms with E-state index in [1.807, 2.05) is 18.2 Å². The number of piperidine rings is 1. The van der Waals surface area contributed by atoms with Gasteiger partial charge in [0.25, 0.3) is 0 Å². The average Bonchev–Trinajstić information content (AvgIpc) is 3.20. The fourth-order valence-corrected chi connectivity index (χ4v) is 4.20. The van der Waals surface area contributed by atoms with Crippen LogP contribution in [0.15, 0.2) is 42.5 Å². The standard InChI is InChI=1S/C22H21Cl2F3N4/c23-18-6-1-15(12-19(18)24)11-14-7-9-31(10-8-14)13-20-28-21(30-29-20)16-2-4-17(5-3-16)22(25,26)27/h1-6,12,14H,7-11,13H2,(H,28,29,30). The van der Waals surface area contributed by atoms with Crippen LogP contribution in [-0.4, -0.2) is 33.2 Å². The molecule has 9 heteroatoms. The number of hydrogen-bond acceptors (Lipinski definition) is 3. The van der Waals surface area contributed by atoms with Crippen molar-refractivity contribution in [1.29, 1.82) is 0 Å². The smallest absolute Gasteiger partial charge is 0.324 e. The number of likely N-dealkylation sites (tertiary alicyclic amines) is 1. The molecule has 0 bridgehead atoms. The van der Waals surface area contributed by atoms with E-state index < -0.39 is 11.7 Å². The number of aromatic nitrogens is 3. The molecule has 1 fully saturated rings. The molecule has 0 unspecified atom stereocenters. The van der Waals surface area contributed by atoms with Crippen molar-refractivity contribution >= 4 is 23.2 Å². The van der Waals surface area contributed by atoms with Crippen molar-refractivity contribution in [2.45, 2.75) is 32.0 Å². The van der Waals surface area contributed by atoms with Crippen molar-refractivity contribution in [3.8, 4) is 11.4 Å². The van der Waals surface area contributed by atoms with E-state index in [-0.39, 0.29) is 0 Å². The largest absolute Gasteiger partial charge is 0.416 e. The van der Waals surface area contributed by atoms with E-state index in [0.29, 0.717) is 39.7 Å². The van der Waals surface area contributed by atoms with Crippen LogP contribution in [0.25, 0.3) is 11.4 Å². The number of nitrogens with zero attached hydrogens (tertiary/aromatic N) is 3. The van der Waals surface area contributed by atoms with Gasteiger partial charge in [-0.25, -0.2) is 0 Å². The summed E-state index contributed by atoms with van der Waals surface area (Å²) in [7, 11) is 0. The maximum absolute atomic E-state index is 12.7. The Morgan fingerprint density at radius 2 is 1.68 bits per heavy atom. The van der Waals surface area contributed by atoms with Gasteiger partial charge in [0, 0.05) is 5.56 Å². The van der Waals surface area contributed by atoms with Crippen molar-refractivity contribution in [2.24, 2.45) is 5.92 Å². The lowest BCUT2D eigenvalue weighted by molar-refractivity contribution is -0.137.